The van der Waals surface area contributed by atoms with Gasteiger partial charge in [-0.15, -0.1) is 0 Å². The number of aliphatic imine (C=N–C) groups is 1. The second-order valence-corrected chi connectivity index (χ2v) is 8.09. The molecular formula is C21H44N8O10. The maximum Gasteiger partial charge on any atom is 0.320 e. The van der Waals surface area contributed by atoms with Crippen molar-refractivity contribution in [3.8, 4) is 0 Å². The summed E-state index contributed by atoms with van der Waals surface area (Å²) in [6, 6.07) is -2.09. The maximum absolute atomic E-state index is 10.2. The first-order chi connectivity index (χ1) is 18.1. The number of nitrogens with one attached hydrogen (secondary N) is 2. The van der Waals surface area contributed by atoms with E-state index in [2.05, 4.69) is 21.4 Å². The second-order valence-electron chi connectivity index (χ2n) is 8.09. The number of hydrogen-bond donors (Lipinski definition) is 12. The van der Waals surface area contributed by atoms with Crippen molar-refractivity contribution in [1.82, 2.24) is 10.6 Å². The van der Waals surface area contributed by atoms with Gasteiger partial charge in [0.15, 0.2) is 5.96 Å². The van der Waals surface area contributed by atoms with Crippen LogP contribution in [-0.4, -0.2) is 112 Å². The normalized spacial score (nSPS) is 18.4. The zero-order valence-corrected chi connectivity index (χ0v) is 22.0. The van der Waals surface area contributed by atoms with Gasteiger partial charge in [-0.05, 0) is 58.5 Å². The minimum atomic E-state index is -1.00. The lowest BCUT2D eigenvalue weighted by Gasteiger charge is -2.03. The molecule has 0 aromatic heterocycles. The standard InChI is InChI=1S/C6H14N4O2.2C5H9NO2.C3H7NO2.C2H5NO2/c7-4(5(11)12)2-1-3-10-6(8)9;2*7-5(8)4-2-1-3-6-4;1-2(4)3(5)6;3-1-2(4)5/h4H,1-3,7H2,(H,11,12)(H4,8,9,10);2*4,6H,1-3H2,(H,7,8);2H,4H2,1H3,(H,5,6);1,3H2,(H,4,5)/t3*4-;2-;/m0000./s1. The lowest BCUT2D eigenvalue weighted by molar-refractivity contribution is -0.140. The van der Waals surface area contributed by atoms with Crippen molar-refractivity contribution in [3.05, 3.63) is 0 Å². The molecule has 0 amide bonds. The van der Waals surface area contributed by atoms with E-state index in [1.165, 1.54) is 6.92 Å². The Bertz CT molecular complexity index is 725. The highest BCUT2D eigenvalue weighted by atomic mass is 16.4. The van der Waals surface area contributed by atoms with Crippen LogP contribution in [0.2, 0.25) is 0 Å². The lowest BCUT2D eigenvalue weighted by atomic mass is 10.2. The van der Waals surface area contributed by atoms with E-state index in [1.807, 2.05) is 0 Å². The fraction of sp³-hybridized carbons (Fsp3) is 0.714. The molecule has 39 heavy (non-hydrogen) atoms. The molecule has 228 valence electrons. The van der Waals surface area contributed by atoms with E-state index in [0.29, 0.717) is 19.4 Å². The summed E-state index contributed by atoms with van der Waals surface area (Å²) in [6.45, 7) is 3.28. The highest BCUT2D eigenvalue weighted by molar-refractivity contribution is 5.76. The predicted molar refractivity (Wildman–Crippen MR) is 141 cm³/mol. The van der Waals surface area contributed by atoms with Crippen molar-refractivity contribution in [2.24, 2.45) is 33.7 Å². The van der Waals surface area contributed by atoms with Crippen molar-refractivity contribution >= 4 is 35.8 Å². The van der Waals surface area contributed by atoms with Gasteiger partial charge in [0.1, 0.15) is 24.2 Å². The van der Waals surface area contributed by atoms with E-state index in [9.17, 15) is 24.0 Å². The lowest BCUT2D eigenvalue weighted by Crippen LogP contribution is -2.30. The fourth-order valence-corrected chi connectivity index (χ4v) is 2.43. The highest BCUT2D eigenvalue weighted by Crippen LogP contribution is 2.04. The van der Waals surface area contributed by atoms with Gasteiger partial charge in [0.2, 0.25) is 0 Å². The first-order valence-electron chi connectivity index (χ1n) is 11.9. The molecule has 2 fully saturated rings. The van der Waals surface area contributed by atoms with Crippen LogP contribution in [0, 0.1) is 0 Å². The van der Waals surface area contributed by atoms with Gasteiger partial charge in [0.25, 0.3) is 0 Å². The minimum Gasteiger partial charge on any atom is -0.480 e. The molecule has 0 bridgehead atoms. The number of carboxylic acid groups (broad SMARTS) is 5. The zero-order chi connectivity index (χ0) is 31.0. The third-order valence-electron chi connectivity index (χ3n) is 4.57. The molecule has 4 atom stereocenters. The van der Waals surface area contributed by atoms with Crippen molar-refractivity contribution in [3.63, 3.8) is 0 Å². The van der Waals surface area contributed by atoms with Crippen LogP contribution in [-0.2, 0) is 24.0 Å². The molecule has 0 saturated carbocycles. The number of hydrogen-bond acceptors (Lipinski definition) is 11. The Labute approximate surface area is 226 Å². The number of aliphatic carboxylic acids is 5. The summed E-state index contributed by atoms with van der Waals surface area (Å²) >= 11 is 0. The summed E-state index contributed by atoms with van der Waals surface area (Å²) in [5.41, 5.74) is 24.7. The third-order valence-corrected chi connectivity index (χ3v) is 4.57. The summed E-state index contributed by atoms with van der Waals surface area (Å²) in [5, 5.41) is 46.3. The first-order valence-corrected chi connectivity index (χ1v) is 11.9. The Kier molecular flexibility index (Phi) is 25.3. The number of carbonyl (C=O) groups is 5. The SMILES string of the molecule is C[C@H](N)C(=O)O.NC(N)=NCCC[C@H](N)C(=O)O.NCC(=O)O.O=C(O)[C@@H]1CCCN1.O=C(O)[C@@H]1CCCN1. The topological polar surface area (TPSA) is 353 Å². The Morgan fingerprint density at radius 2 is 1.23 bits per heavy atom. The molecular weight excluding hydrogens is 524 g/mol. The molecule has 2 aliphatic heterocycles. The van der Waals surface area contributed by atoms with Crippen LogP contribution in [0.5, 0.6) is 0 Å². The van der Waals surface area contributed by atoms with Crippen LogP contribution in [0.15, 0.2) is 4.99 Å². The van der Waals surface area contributed by atoms with Crippen LogP contribution in [0.4, 0.5) is 0 Å². The molecule has 2 rings (SSSR count). The van der Waals surface area contributed by atoms with Crippen LogP contribution in [0.25, 0.3) is 0 Å². The molecule has 0 aromatic rings. The Morgan fingerprint density at radius 1 is 0.846 bits per heavy atom. The van der Waals surface area contributed by atoms with Crippen molar-refractivity contribution in [2.45, 2.75) is 69.6 Å². The average Bonchev–Trinajstić information content (AvgIpc) is 3.58. The summed E-state index contributed by atoms with van der Waals surface area (Å²) in [5.74, 6) is -4.36. The second kappa shape index (κ2) is 24.7. The monoisotopic (exact) mass is 568 g/mol. The highest BCUT2D eigenvalue weighted by Gasteiger charge is 2.20. The molecule has 2 heterocycles. The zero-order valence-electron chi connectivity index (χ0n) is 22.0. The number of rotatable bonds is 9. The summed E-state index contributed by atoms with van der Waals surface area (Å²) in [7, 11) is 0. The molecule has 2 aliphatic rings. The van der Waals surface area contributed by atoms with Gasteiger partial charge in [0.05, 0.1) is 6.54 Å². The number of carboxylic acids is 5. The molecule has 0 spiro atoms. The van der Waals surface area contributed by atoms with Crippen LogP contribution < -0.4 is 39.3 Å². The van der Waals surface area contributed by atoms with Crippen molar-refractivity contribution in [2.75, 3.05) is 26.2 Å². The Balaban J connectivity index is -0.000000429. The van der Waals surface area contributed by atoms with Gasteiger partial charge >= 0.3 is 29.8 Å². The first kappa shape index (κ1) is 39.9. The van der Waals surface area contributed by atoms with Crippen molar-refractivity contribution in [1.29, 1.82) is 0 Å². The molecule has 18 heteroatoms. The van der Waals surface area contributed by atoms with Gasteiger partial charge in [-0.2, -0.15) is 0 Å². The summed E-state index contributed by atoms with van der Waals surface area (Å²) in [4.78, 5) is 53.0. The van der Waals surface area contributed by atoms with Crippen molar-refractivity contribution < 1.29 is 49.5 Å². The fourth-order valence-electron chi connectivity index (χ4n) is 2.43. The molecule has 18 nitrogen and oxygen atoms in total. The molecule has 0 aliphatic carbocycles. The van der Waals surface area contributed by atoms with Crippen LogP contribution in [0.1, 0.15) is 45.4 Å². The Hall–Kier alpha value is -3.58. The van der Waals surface area contributed by atoms with E-state index in [-0.39, 0.29) is 24.6 Å². The minimum absolute atomic E-state index is 0.0129. The maximum atomic E-state index is 10.2. The molecule has 0 radical (unpaired) electrons. The smallest absolute Gasteiger partial charge is 0.320 e. The van der Waals surface area contributed by atoms with Gasteiger partial charge in [-0.1, -0.05) is 0 Å². The van der Waals surface area contributed by atoms with E-state index >= 15 is 0 Å². The molecule has 2 saturated heterocycles. The van der Waals surface area contributed by atoms with E-state index in [4.69, 9.17) is 48.5 Å². The van der Waals surface area contributed by atoms with Gasteiger partial charge in [0, 0.05) is 6.54 Å². The van der Waals surface area contributed by atoms with Crippen LogP contribution >= 0.6 is 0 Å². The van der Waals surface area contributed by atoms with Gasteiger partial charge in [-0.3, -0.25) is 29.0 Å². The van der Waals surface area contributed by atoms with Gasteiger partial charge in [-0.25, -0.2) is 0 Å². The van der Waals surface area contributed by atoms with E-state index in [0.717, 1.165) is 38.8 Å². The van der Waals surface area contributed by atoms with Crippen LogP contribution in [0.3, 0.4) is 0 Å². The number of guanidine groups is 1. The number of nitrogens with zero attached hydrogens (tertiary/aromatic N) is 1. The Morgan fingerprint density at radius 3 is 1.41 bits per heavy atom. The van der Waals surface area contributed by atoms with E-state index in [1.54, 1.807) is 0 Å². The number of nitrogens with two attached hydrogens (primary N) is 5. The molecule has 0 aromatic carbocycles. The quantitative estimate of drug-likeness (QED) is 0.0730. The summed E-state index contributed by atoms with van der Waals surface area (Å²) in [6.07, 6.45) is 4.52. The summed E-state index contributed by atoms with van der Waals surface area (Å²) < 4.78 is 0. The molecule has 17 N–H and O–H groups in total. The van der Waals surface area contributed by atoms with Gasteiger partial charge < -0.3 is 64.8 Å². The predicted octanol–water partition coefficient (Wildman–Crippen LogP) is -3.45. The third kappa shape index (κ3) is 28.8. The average molecular weight is 569 g/mol. The molecule has 0 unspecified atom stereocenters. The van der Waals surface area contributed by atoms with E-state index < -0.39 is 41.9 Å². The largest absolute Gasteiger partial charge is 0.480 e.